The minimum absolute atomic E-state index is 0.0701. The molecular formula is C15H17F3N4O. The third-order valence-electron chi connectivity index (χ3n) is 4.11. The van der Waals surface area contributed by atoms with Crippen molar-refractivity contribution in [2.75, 3.05) is 6.54 Å². The Balaban J connectivity index is 1.70. The lowest BCUT2D eigenvalue weighted by molar-refractivity contribution is -0.274. The van der Waals surface area contributed by atoms with E-state index in [2.05, 4.69) is 24.4 Å². The Morgan fingerprint density at radius 2 is 1.83 bits per heavy atom. The van der Waals surface area contributed by atoms with Crippen LogP contribution in [0.3, 0.4) is 0 Å². The summed E-state index contributed by atoms with van der Waals surface area (Å²) in [6.07, 6.45) is -4.66. The number of aryl methyl sites for hydroxylation is 1. The highest BCUT2D eigenvalue weighted by atomic mass is 19.4. The van der Waals surface area contributed by atoms with Gasteiger partial charge in [-0.2, -0.15) is 0 Å². The van der Waals surface area contributed by atoms with Gasteiger partial charge in [0.2, 0.25) is 0 Å². The van der Waals surface area contributed by atoms with E-state index in [4.69, 9.17) is 0 Å². The number of fused-ring (bicyclic) bond motifs is 1. The van der Waals surface area contributed by atoms with Crippen LogP contribution in [0.4, 0.5) is 13.2 Å². The summed E-state index contributed by atoms with van der Waals surface area (Å²) >= 11 is 0. The summed E-state index contributed by atoms with van der Waals surface area (Å²) in [6.45, 7) is 6.28. The number of halogens is 3. The summed E-state index contributed by atoms with van der Waals surface area (Å²) in [4.78, 5) is 2.23. The second kappa shape index (κ2) is 5.84. The Labute approximate surface area is 131 Å². The Kier molecular flexibility index (Phi) is 4.01. The van der Waals surface area contributed by atoms with Gasteiger partial charge in [0.25, 0.3) is 0 Å². The second-order valence-corrected chi connectivity index (χ2v) is 5.58. The van der Waals surface area contributed by atoms with Crippen LogP contribution in [-0.4, -0.2) is 32.6 Å². The zero-order chi connectivity index (χ0) is 16.6. The molecule has 0 fully saturated rings. The molecular weight excluding hydrogens is 309 g/mol. The molecule has 0 aliphatic carbocycles. The van der Waals surface area contributed by atoms with Gasteiger partial charge in [0.05, 0.1) is 6.54 Å². The van der Waals surface area contributed by atoms with Gasteiger partial charge in [-0.05, 0) is 31.5 Å². The van der Waals surface area contributed by atoms with Crippen LogP contribution in [0.2, 0.25) is 0 Å². The molecule has 23 heavy (non-hydrogen) atoms. The molecule has 1 aliphatic heterocycles. The van der Waals surface area contributed by atoms with Crippen molar-refractivity contribution in [3.05, 3.63) is 41.5 Å². The quantitative estimate of drug-likeness (QED) is 0.869. The fourth-order valence-electron chi connectivity index (χ4n) is 2.81. The molecule has 1 aromatic heterocycles. The van der Waals surface area contributed by atoms with Gasteiger partial charge in [-0.3, -0.25) is 4.90 Å². The van der Waals surface area contributed by atoms with E-state index in [1.165, 1.54) is 12.1 Å². The zero-order valence-corrected chi connectivity index (χ0v) is 12.8. The van der Waals surface area contributed by atoms with Crippen molar-refractivity contribution in [3.63, 3.8) is 0 Å². The molecule has 0 saturated heterocycles. The molecule has 1 aliphatic rings. The first-order valence-corrected chi connectivity index (χ1v) is 7.32. The fraction of sp³-hybridized carbons (Fsp3) is 0.467. The van der Waals surface area contributed by atoms with E-state index in [0.29, 0.717) is 6.54 Å². The van der Waals surface area contributed by atoms with Gasteiger partial charge in [-0.25, -0.2) is 0 Å². The van der Waals surface area contributed by atoms with Gasteiger partial charge >= 0.3 is 6.36 Å². The number of ether oxygens (including phenoxy) is 1. The highest BCUT2D eigenvalue weighted by Crippen LogP contribution is 2.28. The summed E-state index contributed by atoms with van der Waals surface area (Å²) in [6, 6.07) is 6.08. The first-order valence-electron chi connectivity index (χ1n) is 7.32. The SMILES string of the molecule is Cc1nnc2n1CCN([C@H](C)c1ccc(OC(F)(F)F)cc1)C2. The summed E-state index contributed by atoms with van der Waals surface area (Å²) in [7, 11) is 0. The Bertz CT molecular complexity index is 681. The number of hydrogen-bond donors (Lipinski definition) is 0. The molecule has 0 saturated carbocycles. The van der Waals surface area contributed by atoms with Crippen molar-refractivity contribution in [2.45, 2.75) is 39.3 Å². The largest absolute Gasteiger partial charge is 0.573 e. The van der Waals surface area contributed by atoms with Gasteiger partial charge in [-0.1, -0.05) is 12.1 Å². The summed E-state index contributed by atoms with van der Waals surface area (Å²) in [5, 5.41) is 8.24. The van der Waals surface area contributed by atoms with Gasteiger partial charge < -0.3 is 9.30 Å². The van der Waals surface area contributed by atoms with Gasteiger partial charge in [-0.15, -0.1) is 23.4 Å². The summed E-state index contributed by atoms with van der Waals surface area (Å²) in [5.74, 6) is 1.61. The van der Waals surface area contributed by atoms with Crippen molar-refractivity contribution in [1.82, 2.24) is 19.7 Å². The van der Waals surface area contributed by atoms with E-state index in [1.54, 1.807) is 12.1 Å². The Morgan fingerprint density at radius 1 is 1.13 bits per heavy atom. The maximum atomic E-state index is 12.2. The van der Waals surface area contributed by atoms with E-state index in [0.717, 1.165) is 30.3 Å². The van der Waals surface area contributed by atoms with Crippen LogP contribution in [0.5, 0.6) is 5.75 Å². The monoisotopic (exact) mass is 326 g/mol. The third kappa shape index (κ3) is 3.47. The molecule has 1 atom stereocenters. The van der Waals surface area contributed by atoms with Crippen LogP contribution >= 0.6 is 0 Å². The Hall–Kier alpha value is -2.09. The predicted octanol–water partition coefficient (Wildman–Crippen LogP) is 3.06. The molecule has 8 heteroatoms. The molecule has 2 aromatic rings. The van der Waals surface area contributed by atoms with Gasteiger partial charge in [0, 0.05) is 19.1 Å². The van der Waals surface area contributed by atoms with Crippen LogP contribution in [0.1, 0.15) is 30.2 Å². The first-order chi connectivity index (χ1) is 10.8. The van der Waals surface area contributed by atoms with Crippen LogP contribution in [0.15, 0.2) is 24.3 Å². The first kappa shape index (κ1) is 15.8. The maximum absolute atomic E-state index is 12.2. The molecule has 0 unspecified atom stereocenters. The van der Waals surface area contributed by atoms with Crippen LogP contribution in [0.25, 0.3) is 0 Å². The Morgan fingerprint density at radius 3 is 2.48 bits per heavy atom. The number of benzene rings is 1. The van der Waals surface area contributed by atoms with Gasteiger partial charge in [0.1, 0.15) is 17.4 Å². The van der Waals surface area contributed by atoms with Crippen LogP contribution in [-0.2, 0) is 13.1 Å². The number of aromatic nitrogens is 3. The molecule has 0 spiro atoms. The van der Waals surface area contributed by atoms with Crippen LogP contribution in [0, 0.1) is 6.92 Å². The van der Waals surface area contributed by atoms with E-state index in [1.807, 2.05) is 13.8 Å². The van der Waals surface area contributed by atoms with Gasteiger partial charge in [0.15, 0.2) is 0 Å². The minimum Gasteiger partial charge on any atom is -0.406 e. The number of alkyl halides is 3. The summed E-state index contributed by atoms with van der Waals surface area (Å²) < 4.78 is 42.5. The molecule has 0 radical (unpaired) electrons. The molecule has 0 amide bonds. The standard InChI is InChI=1S/C15H17F3N4O/c1-10(12-3-5-13(6-4-12)23-15(16,17)18)21-7-8-22-11(2)19-20-14(22)9-21/h3-6,10H,7-9H2,1-2H3/t10-/m1/s1. The molecule has 0 N–H and O–H groups in total. The number of hydrogen-bond acceptors (Lipinski definition) is 4. The molecule has 124 valence electrons. The highest BCUT2D eigenvalue weighted by Gasteiger charge is 2.31. The molecule has 0 bridgehead atoms. The predicted molar refractivity (Wildman–Crippen MR) is 76.7 cm³/mol. The lowest BCUT2D eigenvalue weighted by Crippen LogP contribution is -2.36. The van der Waals surface area contributed by atoms with Crippen molar-refractivity contribution in [1.29, 1.82) is 0 Å². The highest BCUT2D eigenvalue weighted by molar-refractivity contribution is 5.29. The maximum Gasteiger partial charge on any atom is 0.573 e. The average molecular weight is 326 g/mol. The van der Waals surface area contributed by atoms with E-state index < -0.39 is 6.36 Å². The molecule has 3 rings (SSSR count). The summed E-state index contributed by atoms with van der Waals surface area (Å²) in [5.41, 5.74) is 0.934. The van der Waals surface area contributed by atoms with Crippen molar-refractivity contribution >= 4 is 0 Å². The molecule has 5 nitrogen and oxygen atoms in total. The number of nitrogens with zero attached hydrogens (tertiary/aromatic N) is 4. The third-order valence-corrected chi connectivity index (χ3v) is 4.11. The van der Waals surface area contributed by atoms with Crippen molar-refractivity contribution < 1.29 is 17.9 Å². The smallest absolute Gasteiger partial charge is 0.406 e. The van der Waals surface area contributed by atoms with E-state index >= 15 is 0 Å². The fourth-order valence-corrected chi connectivity index (χ4v) is 2.81. The topological polar surface area (TPSA) is 43.2 Å². The zero-order valence-electron chi connectivity index (χ0n) is 12.8. The van der Waals surface area contributed by atoms with E-state index in [-0.39, 0.29) is 11.8 Å². The molecule has 1 aromatic carbocycles. The molecule has 2 heterocycles. The second-order valence-electron chi connectivity index (χ2n) is 5.58. The minimum atomic E-state index is -4.66. The number of rotatable bonds is 3. The normalized spacial score (nSPS) is 16.9. The lowest BCUT2D eigenvalue weighted by atomic mass is 10.1. The average Bonchev–Trinajstić information content (AvgIpc) is 2.87. The van der Waals surface area contributed by atoms with Crippen molar-refractivity contribution in [3.8, 4) is 5.75 Å². The van der Waals surface area contributed by atoms with E-state index in [9.17, 15) is 13.2 Å². The van der Waals surface area contributed by atoms with Crippen LogP contribution < -0.4 is 4.74 Å². The lowest BCUT2D eigenvalue weighted by Gasteiger charge is -2.33. The van der Waals surface area contributed by atoms with Crippen molar-refractivity contribution in [2.24, 2.45) is 0 Å².